The van der Waals surface area contributed by atoms with Gasteiger partial charge in [-0.25, -0.2) is 4.98 Å². The van der Waals surface area contributed by atoms with Crippen LogP contribution in [0, 0.1) is 13.8 Å². The van der Waals surface area contributed by atoms with Gasteiger partial charge in [0.2, 0.25) is 18.5 Å². The first-order valence-electron chi connectivity index (χ1n) is 8.90. The highest BCUT2D eigenvalue weighted by atomic mass is 32.1. The van der Waals surface area contributed by atoms with Gasteiger partial charge in [0.25, 0.3) is 0 Å². The van der Waals surface area contributed by atoms with Crippen LogP contribution in [0.3, 0.4) is 0 Å². The monoisotopic (exact) mass is 391 g/mol. The van der Waals surface area contributed by atoms with Gasteiger partial charge < -0.3 is 14.0 Å². The molecule has 0 radical (unpaired) electrons. The molecular formula is C21H17N3O3S. The van der Waals surface area contributed by atoms with E-state index in [0.29, 0.717) is 23.9 Å². The van der Waals surface area contributed by atoms with E-state index in [1.54, 1.807) is 11.3 Å². The van der Waals surface area contributed by atoms with Gasteiger partial charge in [0.1, 0.15) is 5.01 Å². The van der Waals surface area contributed by atoms with Gasteiger partial charge in [0.05, 0.1) is 12.1 Å². The third-order valence-electron chi connectivity index (χ3n) is 4.61. The van der Waals surface area contributed by atoms with Gasteiger partial charge >= 0.3 is 0 Å². The Labute approximate surface area is 165 Å². The van der Waals surface area contributed by atoms with Crippen LogP contribution in [0.5, 0.6) is 11.5 Å². The molecule has 1 aliphatic heterocycles. The highest BCUT2D eigenvalue weighted by Crippen LogP contribution is 2.35. The van der Waals surface area contributed by atoms with Crippen LogP contribution in [-0.2, 0) is 6.42 Å². The van der Waals surface area contributed by atoms with Gasteiger partial charge in [-0.1, -0.05) is 28.9 Å². The molecule has 1 aliphatic rings. The quantitative estimate of drug-likeness (QED) is 0.498. The standard InChI is InChI=1S/C21H17N3O3S/c1-12-3-5-15(13(2)7-12)16-10-28-20(22-16)9-19-23-21(24-27-19)14-4-6-17-18(8-14)26-11-25-17/h3-8,10H,9,11H2,1-2H3. The summed E-state index contributed by atoms with van der Waals surface area (Å²) in [4.78, 5) is 9.25. The minimum Gasteiger partial charge on any atom is -0.454 e. The lowest BCUT2D eigenvalue weighted by Crippen LogP contribution is -1.92. The highest BCUT2D eigenvalue weighted by molar-refractivity contribution is 7.10. The normalized spacial score (nSPS) is 12.5. The lowest BCUT2D eigenvalue weighted by atomic mass is 10.0. The van der Waals surface area contributed by atoms with Crippen molar-refractivity contribution in [2.45, 2.75) is 20.3 Å². The van der Waals surface area contributed by atoms with Crippen LogP contribution in [0.1, 0.15) is 22.0 Å². The van der Waals surface area contributed by atoms with Crippen LogP contribution in [0.2, 0.25) is 0 Å². The molecule has 0 amide bonds. The van der Waals surface area contributed by atoms with Crippen molar-refractivity contribution < 1.29 is 14.0 Å². The number of hydrogen-bond acceptors (Lipinski definition) is 7. The fourth-order valence-corrected chi connectivity index (χ4v) is 4.01. The third-order valence-corrected chi connectivity index (χ3v) is 5.46. The smallest absolute Gasteiger partial charge is 0.233 e. The lowest BCUT2D eigenvalue weighted by molar-refractivity contribution is 0.174. The molecule has 0 fully saturated rings. The molecule has 2 aromatic carbocycles. The zero-order chi connectivity index (χ0) is 19.1. The molecular weight excluding hydrogens is 374 g/mol. The second-order valence-corrected chi connectivity index (χ2v) is 7.64. The van der Waals surface area contributed by atoms with Gasteiger partial charge in [-0.15, -0.1) is 11.3 Å². The molecule has 6 nitrogen and oxygen atoms in total. The second-order valence-electron chi connectivity index (χ2n) is 6.70. The van der Waals surface area contributed by atoms with Crippen LogP contribution < -0.4 is 9.47 Å². The maximum Gasteiger partial charge on any atom is 0.233 e. The SMILES string of the molecule is Cc1ccc(-c2csc(Cc3nc(-c4ccc5c(c4)OCO5)no3)n2)c(C)c1. The second kappa shape index (κ2) is 6.76. The summed E-state index contributed by atoms with van der Waals surface area (Å²) >= 11 is 1.60. The first-order chi connectivity index (χ1) is 13.7. The fourth-order valence-electron chi connectivity index (χ4n) is 3.23. The molecule has 0 bridgehead atoms. The van der Waals surface area contributed by atoms with E-state index >= 15 is 0 Å². The lowest BCUT2D eigenvalue weighted by Gasteiger charge is -2.03. The number of hydrogen-bond donors (Lipinski definition) is 0. The average molecular weight is 391 g/mol. The zero-order valence-electron chi connectivity index (χ0n) is 15.4. The Balaban J connectivity index is 1.36. The van der Waals surface area contributed by atoms with Crippen LogP contribution in [-0.4, -0.2) is 21.9 Å². The molecule has 0 N–H and O–H groups in total. The molecule has 0 atom stereocenters. The van der Waals surface area contributed by atoms with Crippen LogP contribution >= 0.6 is 11.3 Å². The van der Waals surface area contributed by atoms with Crippen molar-refractivity contribution in [3.63, 3.8) is 0 Å². The fraction of sp³-hybridized carbons (Fsp3) is 0.190. The van der Waals surface area contributed by atoms with Gasteiger partial charge in [-0.2, -0.15) is 4.98 Å². The maximum absolute atomic E-state index is 5.43. The number of aromatic nitrogens is 3. The first kappa shape index (κ1) is 16.9. The molecule has 7 heteroatoms. The summed E-state index contributed by atoms with van der Waals surface area (Å²) in [5.41, 5.74) is 5.43. The van der Waals surface area contributed by atoms with Gasteiger partial charge in [0, 0.05) is 16.5 Å². The molecule has 0 saturated carbocycles. The van der Waals surface area contributed by atoms with Crippen molar-refractivity contribution in [3.8, 4) is 34.1 Å². The summed E-state index contributed by atoms with van der Waals surface area (Å²) in [6.07, 6.45) is 0.507. The van der Waals surface area contributed by atoms with E-state index in [-0.39, 0.29) is 6.79 Å². The first-order valence-corrected chi connectivity index (χ1v) is 9.78. The molecule has 0 saturated heterocycles. The van der Waals surface area contributed by atoms with E-state index in [4.69, 9.17) is 19.0 Å². The van der Waals surface area contributed by atoms with Crippen molar-refractivity contribution in [1.82, 2.24) is 15.1 Å². The zero-order valence-corrected chi connectivity index (χ0v) is 16.2. The Bertz CT molecular complexity index is 1170. The molecule has 2 aromatic heterocycles. The van der Waals surface area contributed by atoms with E-state index in [1.165, 1.54) is 11.1 Å². The Morgan fingerprint density at radius 2 is 1.89 bits per heavy atom. The van der Waals surface area contributed by atoms with Crippen molar-refractivity contribution >= 4 is 11.3 Å². The van der Waals surface area contributed by atoms with Gasteiger partial charge in [-0.05, 0) is 37.6 Å². The number of rotatable bonds is 4. The number of aryl methyl sites for hydroxylation is 2. The molecule has 0 unspecified atom stereocenters. The van der Waals surface area contributed by atoms with Gasteiger partial charge in [-0.3, -0.25) is 0 Å². The third kappa shape index (κ3) is 3.14. The Kier molecular flexibility index (Phi) is 4.09. The number of benzene rings is 2. The summed E-state index contributed by atoms with van der Waals surface area (Å²) in [6, 6.07) is 12.0. The number of ether oxygens (including phenoxy) is 2. The van der Waals surface area contributed by atoms with Gasteiger partial charge in [0.15, 0.2) is 11.5 Å². The number of fused-ring (bicyclic) bond motifs is 1. The average Bonchev–Trinajstić information content (AvgIpc) is 3.42. The van der Waals surface area contributed by atoms with Crippen molar-refractivity contribution in [2.75, 3.05) is 6.79 Å². The summed E-state index contributed by atoms with van der Waals surface area (Å²) in [5, 5.41) is 7.10. The molecule has 3 heterocycles. The van der Waals surface area contributed by atoms with Crippen LogP contribution in [0.4, 0.5) is 0 Å². The molecule has 28 heavy (non-hydrogen) atoms. The summed E-state index contributed by atoms with van der Waals surface area (Å²) in [5.74, 6) is 2.49. The van der Waals surface area contributed by atoms with Crippen molar-refractivity contribution in [3.05, 3.63) is 63.8 Å². The summed E-state index contributed by atoms with van der Waals surface area (Å²) < 4.78 is 16.2. The molecule has 4 aromatic rings. The van der Waals surface area contributed by atoms with E-state index in [1.807, 2.05) is 18.2 Å². The molecule has 5 rings (SSSR count). The summed E-state index contributed by atoms with van der Waals surface area (Å²) in [7, 11) is 0. The largest absolute Gasteiger partial charge is 0.454 e. The molecule has 0 spiro atoms. The van der Waals surface area contributed by atoms with E-state index in [9.17, 15) is 0 Å². The Hall–Kier alpha value is -3.19. The van der Waals surface area contributed by atoms with Crippen LogP contribution in [0.15, 0.2) is 46.3 Å². The van der Waals surface area contributed by atoms with Crippen molar-refractivity contribution in [2.24, 2.45) is 0 Å². The Morgan fingerprint density at radius 3 is 2.79 bits per heavy atom. The molecule has 140 valence electrons. The highest BCUT2D eigenvalue weighted by Gasteiger charge is 2.17. The topological polar surface area (TPSA) is 70.3 Å². The number of thiazole rings is 1. The van der Waals surface area contributed by atoms with E-state index in [2.05, 4.69) is 47.6 Å². The minimum atomic E-state index is 0.239. The maximum atomic E-state index is 5.43. The van der Waals surface area contributed by atoms with Crippen LogP contribution in [0.25, 0.3) is 22.6 Å². The minimum absolute atomic E-state index is 0.239. The Morgan fingerprint density at radius 1 is 1.00 bits per heavy atom. The predicted molar refractivity (Wildman–Crippen MR) is 106 cm³/mol. The van der Waals surface area contributed by atoms with Crippen molar-refractivity contribution in [1.29, 1.82) is 0 Å². The van der Waals surface area contributed by atoms with E-state index < -0.39 is 0 Å². The van der Waals surface area contributed by atoms with E-state index in [0.717, 1.165) is 27.6 Å². The summed E-state index contributed by atoms with van der Waals surface area (Å²) in [6.45, 7) is 4.44. The molecule has 0 aliphatic carbocycles. The predicted octanol–water partition coefficient (Wildman–Crippen LogP) is 4.80. The number of nitrogens with zero attached hydrogens (tertiary/aromatic N) is 3.